The topological polar surface area (TPSA) is 35.5 Å². The van der Waals surface area contributed by atoms with Crippen LogP contribution in [0.4, 0.5) is 0 Å². The molecule has 0 radical (unpaired) electrons. The molecule has 0 atom stereocenters. The first-order valence-electron chi connectivity index (χ1n) is 7.00. The third kappa shape index (κ3) is 3.28. The molecule has 1 aromatic carbocycles. The lowest BCUT2D eigenvalue weighted by atomic mass is 9.96. The number of ether oxygens (including phenoxy) is 2. The van der Waals surface area contributed by atoms with Gasteiger partial charge in [-0.05, 0) is 24.5 Å². The number of hydrogen-bond acceptors (Lipinski definition) is 3. The van der Waals surface area contributed by atoms with Gasteiger partial charge in [-0.2, -0.15) is 0 Å². The molecule has 1 fully saturated rings. The minimum atomic E-state index is 0.126. The maximum absolute atomic E-state index is 12.4. The van der Waals surface area contributed by atoms with Crippen LogP contribution in [0, 0.1) is 5.92 Å². The maximum atomic E-state index is 12.4. The summed E-state index contributed by atoms with van der Waals surface area (Å²) in [6, 6.07) is 5.46. The highest BCUT2D eigenvalue weighted by Gasteiger charge is 2.21. The quantitative estimate of drug-likeness (QED) is 0.730. The van der Waals surface area contributed by atoms with E-state index in [-0.39, 0.29) is 5.78 Å². The monoisotopic (exact) mass is 262 g/mol. The Hall–Kier alpha value is -1.51. The van der Waals surface area contributed by atoms with Gasteiger partial charge in [-0.25, -0.2) is 0 Å². The maximum Gasteiger partial charge on any atom is 0.170 e. The van der Waals surface area contributed by atoms with Gasteiger partial charge in [0, 0.05) is 6.42 Å². The van der Waals surface area contributed by atoms with Crippen molar-refractivity contribution in [2.75, 3.05) is 14.2 Å². The molecule has 1 aliphatic rings. The lowest BCUT2D eigenvalue weighted by molar-refractivity contribution is 0.0967. The van der Waals surface area contributed by atoms with E-state index in [1.807, 2.05) is 18.2 Å². The van der Waals surface area contributed by atoms with Crippen molar-refractivity contribution in [2.45, 2.75) is 38.5 Å². The molecule has 0 unspecified atom stereocenters. The Morgan fingerprint density at radius 2 is 1.74 bits per heavy atom. The zero-order chi connectivity index (χ0) is 13.7. The molecule has 0 saturated heterocycles. The molecule has 0 bridgehead atoms. The Balaban J connectivity index is 2.08. The van der Waals surface area contributed by atoms with Crippen LogP contribution in [0.25, 0.3) is 0 Å². The molecule has 0 amide bonds. The van der Waals surface area contributed by atoms with Gasteiger partial charge in [0.15, 0.2) is 5.78 Å². The van der Waals surface area contributed by atoms with Crippen molar-refractivity contribution in [2.24, 2.45) is 5.92 Å². The summed E-state index contributed by atoms with van der Waals surface area (Å²) in [7, 11) is 3.17. The van der Waals surface area contributed by atoms with E-state index in [1.54, 1.807) is 14.2 Å². The van der Waals surface area contributed by atoms with Crippen LogP contribution < -0.4 is 9.47 Å². The Morgan fingerprint density at radius 1 is 1.16 bits per heavy atom. The van der Waals surface area contributed by atoms with Crippen molar-refractivity contribution in [1.82, 2.24) is 0 Å². The fraction of sp³-hybridized carbons (Fsp3) is 0.562. The average Bonchev–Trinajstić information content (AvgIpc) is 2.97. The van der Waals surface area contributed by atoms with Crippen molar-refractivity contribution >= 4 is 5.78 Å². The van der Waals surface area contributed by atoms with Gasteiger partial charge in [0.1, 0.15) is 17.1 Å². The molecular weight excluding hydrogens is 240 g/mol. The number of Topliss-reactive ketones (excluding diaryl/α,β-unsaturated/α-hetero) is 1. The van der Waals surface area contributed by atoms with Crippen LogP contribution in [-0.2, 0) is 0 Å². The van der Waals surface area contributed by atoms with E-state index < -0.39 is 0 Å². The Bertz CT molecular complexity index is 411. The van der Waals surface area contributed by atoms with Gasteiger partial charge < -0.3 is 9.47 Å². The molecule has 0 aromatic heterocycles. The van der Waals surface area contributed by atoms with Gasteiger partial charge in [-0.3, -0.25) is 4.79 Å². The molecule has 1 saturated carbocycles. The lowest BCUT2D eigenvalue weighted by Crippen LogP contribution is -2.07. The zero-order valence-electron chi connectivity index (χ0n) is 11.8. The molecule has 104 valence electrons. The second kappa shape index (κ2) is 6.60. The standard InChI is InChI=1S/C16H22O3/c1-18-14-8-5-9-15(19-2)16(14)13(17)11-10-12-6-3-4-7-12/h5,8-9,12H,3-4,6-7,10-11H2,1-2H3. The van der Waals surface area contributed by atoms with Gasteiger partial charge in [0.2, 0.25) is 0 Å². The van der Waals surface area contributed by atoms with E-state index in [0.29, 0.717) is 23.5 Å². The summed E-state index contributed by atoms with van der Waals surface area (Å²) < 4.78 is 10.6. The second-order valence-electron chi connectivity index (χ2n) is 5.15. The van der Waals surface area contributed by atoms with Crippen LogP contribution in [0.1, 0.15) is 48.9 Å². The minimum absolute atomic E-state index is 0.126. The van der Waals surface area contributed by atoms with Crippen LogP contribution in [0.15, 0.2) is 18.2 Å². The number of ketones is 1. The third-order valence-corrected chi connectivity index (χ3v) is 3.96. The third-order valence-electron chi connectivity index (χ3n) is 3.96. The molecule has 0 N–H and O–H groups in total. The summed E-state index contributed by atoms with van der Waals surface area (Å²) >= 11 is 0. The van der Waals surface area contributed by atoms with Crippen molar-refractivity contribution < 1.29 is 14.3 Å². The van der Waals surface area contributed by atoms with E-state index in [1.165, 1.54) is 25.7 Å². The summed E-state index contributed by atoms with van der Waals surface area (Å²) in [4.78, 5) is 12.4. The predicted octanol–water partition coefficient (Wildman–Crippen LogP) is 3.86. The molecule has 0 spiro atoms. The first-order valence-corrected chi connectivity index (χ1v) is 7.00. The predicted molar refractivity (Wildman–Crippen MR) is 75.1 cm³/mol. The summed E-state index contributed by atoms with van der Waals surface area (Å²) in [5.74, 6) is 2.07. The highest BCUT2D eigenvalue weighted by Crippen LogP contribution is 2.33. The summed E-state index contributed by atoms with van der Waals surface area (Å²) in [5.41, 5.74) is 0.588. The first kappa shape index (κ1) is 13.9. The molecule has 2 rings (SSSR count). The van der Waals surface area contributed by atoms with E-state index in [4.69, 9.17) is 9.47 Å². The van der Waals surface area contributed by atoms with Crippen LogP contribution in [0.2, 0.25) is 0 Å². The fourth-order valence-corrected chi connectivity index (χ4v) is 2.89. The van der Waals surface area contributed by atoms with Crippen LogP contribution >= 0.6 is 0 Å². The lowest BCUT2D eigenvalue weighted by Gasteiger charge is -2.13. The Kier molecular flexibility index (Phi) is 4.83. The highest BCUT2D eigenvalue weighted by molar-refractivity contribution is 6.01. The number of carbonyl (C=O) groups is 1. The minimum Gasteiger partial charge on any atom is -0.496 e. The molecule has 3 nitrogen and oxygen atoms in total. The van der Waals surface area contributed by atoms with Gasteiger partial charge in [0.05, 0.1) is 14.2 Å². The molecule has 3 heteroatoms. The van der Waals surface area contributed by atoms with Gasteiger partial charge in [-0.1, -0.05) is 31.7 Å². The summed E-state index contributed by atoms with van der Waals surface area (Å²) in [5, 5.41) is 0. The first-order chi connectivity index (χ1) is 9.26. The Morgan fingerprint density at radius 3 is 2.26 bits per heavy atom. The molecular formula is C16H22O3. The van der Waals surface area contributed by atoms with Crippen molar-refractivity contribution in [3.8, 4) is 11.5 Å². The molecule has 19 heavy (non-hydrogen) atoms. The smallest absolute Gasteiger partial charge is 0.170 e. The zero-order valence-corrected chi connectivity index (χ0v) is 11.8. The summed E-state index contributed by atoms with van der Waals surface area (Å²) in [6.45, 7) is 0. The van der Waals surface area contributed by atoms with E-state index >= 15 is 0 Å². The Labute approximate surface area is 114 Å². The number of hydrogen-bond donors (Lipinski definition) is 0. The number of carbonyl (C=O) groups excluding carboxylic acids is 1. The van der Waals surface area contributed by atoms with E-state index in [2.05, 4.69) is 0 Å². The molecule has 1 aliphatic carbocycles. The molecule has 0 heterocycles. The van der Waals surface area contributed by atoms with Crippen molar-refractivity contribution in [1.29, 1.82) is 0 Å². The number of rotatable bonds is 6. The number of methoxy groups -OCH3 is 2. The van der Waals surface area contributed by atoms with Crippen molar-refractivity contribution in [3.05, 3.63) is 23.8 Å². The van der Waals surface area contributed by atoms with E-state index in [9.17, 15) is 4.79 Å². The van der Waals surface area contributed by atoms with Gasteiger partial charge in [0.25, 0.3) is 0 Å². The fourth-order valence-electron chi connectivity index (χ4n) is 2.89. The summed E-state index contributed by atoms with van der Waals surface area (Å²) in [6.07, 6.45) is 6.75. The highest BCUT2D eigenvalue weighted by atomic mass is 16.5. The average molecular weight is 262 g/mol. The normalized spacial score (nSPS) is 15.5. The van der Waals surface area contributed by atoms with Crippen LogP contribution in [-0.4, -0.2) is 20.0 Å². The van der Waals surface area contributed by atoms with Crippen LogP contribution in [0.5, 0.6) is 11.5 Å². The SMILES string of the molecule is COc1cccc(OC)c1C(=O)CCC1CCCC1. The van der Waals surface area contributed by atoms with Gasteiger partial charge >= 0.3 is 0 Å². The van der Waals surface area contributed by atoms with Gasteiger partial charge in [-0.15, -0.1) is 0 Å². The van der Waals surface area contributed by atoms with Crippen molar-refractivity contribution in [3.63, 3.8) is 0 Å². The number of benzene rings is 1. The second-order valence-corrected chi connectivity index (χ2v) is 5.15. The largest absolute Gasteiger partial charge is 0.496 e. The van der Waals surface area contributed by atoms with Crippen LogP contribution in [0.3, 0.4) is 0 Å². The molecule has 1 aromatic rings. The van der Waals surface area contributed by atoms with E-state index in [0.717, 1.165) is 12.3 Å². The molecule has 0 aliphatic heterocycles.